The van der Waals surface area contributed by atoms with E-state index in [0.717, 1.165) is 48.7 Å². The fourth-order valence-electron chi connectivity index (χ4n) is 4.75. The van der Waals surface area contributed by atoms with Gasteiger partial charge in [-0.15, -0.1) is 12.4 Å². The standard InChI is InChI=1S/C23H30N6O2.ClH/c1-15-10-18-13-25-29(20(18)11-19(15)17-4-6-24-7-5-17)22-12-21(26-23(27-22)30-3)28-8-9-31-16(2)14-28;/h10-13,16-17,24H,4-9,14H2,1-3H3;1H/t16-;/m1./s1. The number of benzene rings is 1. The smallest absolute Gasteiger partial charge is 0.320 e. The molecule has 1 aromatic carbocycles. The minimum absolute atomic E-state index is 0. The van der Waals surface area contributed by atoms with Crippen molar-refractivity contribution >= 4 is 29.1 Å². The molecule has 0 spiro atoms. The first kappa shape index (κ1) is 22.8. The summed E-state index contributed by atoms with van der Waals surface area (Å²) < 4.78 is 13.0. The Morgan fingerprint density at radius 3 is 2.66 bits per heavy atom. The second kappa shape index (κ2) is 9.60. The molecule has 0 bridgehead atoms. The minimum Gasteiger partial charge on any atom is -0.467 e. The van der Waals surface area contributed by atoms with Gasteiger partial charge in [-0.05, 0) is 69.0 Å². The van der Waals surface area contributed by atoms with E-state index in [9.17, 15) is 0 Å². The molecule has 0 aliphatic carbocycles. The van der Waals surface area contributed by atoms with Gasteiger partial charge in [0.15, 0.2) is 5.82 Å². The summed E-state index contributed by atoms with van der Waals surface area (Å²) in [6, 6.07) is 6.90. The summed E-state index contributed by atoms with van der Waals surface area (Å²) in [6.45, 7) is 8.71. The molecule has 1 N–H and O–H groups in total. The first-order valence-electron chi connectivity index (χ1n) is 11.1. The Labute approximate surface area is 194 Å². The number of rotatable bonds is 4. The summed E-state index contributed by atoms with van der Waals surface area (Å²) >= 11 is 0. The number of aryl methyl sites for hydroxylation is 1. The molecule has 2 aromatic heterocycles. The predicted octanol–water partition coefficient (Wildman–Crippen LogP) is 3.25. The van der Waals surface area contributed by atoms with E-state index in [4.69, 9.17) is 9.47 Å². The van der Waals surface area contributed by atoms with Crippen molar-refractivity contribution in [3.63, 3.8) is 0 Å². The van der Waals surface area contributed by atoms with Crippen LogP contribution in [0.3, 0.4) is 0 Å². The minimum atomic E-state index is 0. The lowest BCUT2D eigenvalue weighted by molar-refractivity contribution is 0.0529. The van der Waals surface area contributed by atoms with E-state index in [-0.39, 0.29) is 18.5 Å². The van der Waals surface area contributed by atoms with E-state index in [1.165, 1.54) is 24.0 Å². The van der Waals surface area contributed by atoms with E-state index in [2.05, 4.69) is 51.3 Å². The van der Waals surface area contributed by atoms with E-state index in [0.29, 0.717) is 18.5 Å². The van der Waals surface area contributed by atoms with Gasteiger partial charge in [-0.1, -0.05) is 0 Å². The average molecular weight is 459 g/mol. The summed E-state index contributed by atoms with van der Waals surface area (Å²) in [5.41, 5.74) is 3.82. The summed E-state index contributed by atoms with van der Waals surface area (Å²) in [5, 5.41) is 9.27. The molecule has 172 valence electrons. The van der Waals surface area contributed by atoms with Gasteiger partial charge in [0.25, 0.3) is 0 Å². The van der Waals surface area contributed by atoms with E-state index in [1.54, 1.807) is 7.11 Å². The first-order chi connectivity index (χ1) is 15.1. The molecule has 0 unspecified atom stereocenters. The van der Waals surface area contributed by atoms with Crippen molar-refractivity contribution in [1.29, 1.82) is 0 Å². The fourth-order valence-corrected chi connectivity index (χ4v) is 4.75. The number of hydrogen-bond donors (Lipinski definition) is 1. The second-order valence-corrected chi connectivity index (χ2v) is 8.55. The highest BCUT2D eigenvalue weighted by Crippen LogP contribution is 2.32. The number of halogens is 1. The van der Waals surface area contributed by atoms with Crippen molar-refractivity contribution in [2.75, 3.05) is 44.8 Å². The van der Waals surface area contributed by atoms with Crippen LogP contribution in [0.15, 0.2) is 24.4 Å². The van der Waals surface area contributed by atoms with Crippen LogP contribution in [0, 0.1) is 6.92 Å². The maximum Gasteiger partial charge on any atom is 0.320 e. The Morgan fingerprint density at radius 1 is 1.12 bits per heavy atom. The lowest BCUT2D eigenvalue weighted by Gasteiger charge is -2.32. The number of fused-ring (bicyclic) bond motifs is 1. The van der Waals surface area contributed by atoms with Gasteiger partial charge in [-0.3, -0.25) is 0 Å². The first-order valence-corrected chi connectivity index (χ1v) is 11.1. The Balaban J connectivity index is 0.00000245. The molecule has 0 saturated carbocycles. The van der Waals surface area contributed by atoms with Gasteiger partial charge in [0, 0.05) is 24.5 Å². The molecule has 2 fully saturated rings. The number of nitrogens with zero attached hydrogens (tertiary/aromatic N) is 5. The number of nitrogens with one attached hydrogen (secondary N) is 1. The predicted molar refractivity (Wildman–Crippen MR) is 128 cm³/mol. The summed E-state index contributed by atoms with van der Waals surface area (Å²) in [5.74, 6) is 2.14. The second-order valence-electron chi connectivity index (χ2n) is 8.55. The number of ether oxygens (including phenoxy) is 2. The highest BCUT2D eigenvalue weighted by molar-refractivity contribution is 5.85. The van der Waals surface area contributed by atoms with Crippen LogP contribution in [0.1, 0.15) is 36.8 Å². The van der Waals surface area contributed by atoms with Gasteiger partial charge in [0.2, 0.25) is 0 Å². The summed E-state index contributed by atoms with van der Waals surface area (Å²) in [4.78, 5) is 11.4. The van der Waals surface area contributed by atoms with Crippen LogP contribution in [0.25, 0.3) is 16.7 Å². The Hall–Kier alpha value is -2.42. The fraction of sp³-hybridized carbons (Fsp3) is 0.522. The SMILES string of the molecule is COc1nc(N2CCO[C@H](C)C2)cc(-n2ncc3cc(C)c(C4CCNCC4)cc32)n1.Cl. The van der Waals surface area contributed by atoms with Crippen molar-refractivity contribution in [3.05, 3.63) is 35.5 Å². The number of morpholine rings is 1. The molecule has 32 heavy (non-hydrogen) atoms. The lowest BCUT2D eigenvalue weighted by Crippen LogP contribution is -2.41. The maximum absolute atomic E-state index is 5.69. The molecule has 0 amide bonds. The van der Waals surface area contributed by atoms with Crippen molar-refractivity contribution in [2.45, 2.75) is 38.7 Å². The zero-order valence-corrected chi connectivity index (χ0v) is 19.7. The van der Waals surface area contributed by atoms with Gasteiger partial charge in [0.05, 0.1) is 31.5 Å². The van der Waals surface area contributed by atoms with Crippen LogP contribution < -0.4 is 15.0 Å². The Bertz CT molecular complexity index is 1080. The van der Waals surface area contributed by atoms with Crippen molar-refractivity contribution < 1.29 is 9.47 Å². The van der Waals surface area contributed by atoms with Crippen molar-refractivity contribution in [3.8, 4) is 11.8 Å². The van der Waals surface area contributed by atoms with Gasteiger partial charge in [-0.2, -0.15) is 15.1 Å². The molecule has 9 heteroatoms. The monoisotopic (exact) mass is 458 g/mol. The van der Waals surface area contributed by atoms with Gasteiger partial charge in [0.1, 0.15) is 5.82 Å². The number of aromatic nitrogens is 4. The zero-order chi connectivity index (χ0) is 21.4. The number of hydrogen-bond acceptors (Lipinski definition) is 7. The van der Waals surface area contributed by atoms with E-state index >= 15 is 0 Å². The third-order valence-corrected chi connectivity index (χ3v) is 6.38. The van der Waals surface area contributed by atoms with Gasteiger partial charge in [-0.25, -0.2) is 4.68 Å². The molecule has 2 saturated heterocycles. The number of methoxy groups -OCH3 is 1. The van der Waals surface area contributed by atoms with E-state index < -0.39 is 0 Å². The number of anilines is 1. The molecule has 4 heterocycles. The topological polar surface area (TPSA) is 77.3 Å². The molecule has 5 rings (SSSR count). The van der Waals surface area contributed by atoms with Crippen LogP contribution in [-0.4, -0.2) is 65.7 Å². The molecular formula is C23H31ClN6O2. The number of piperidine rings is 1. The van der Waals surface area contributed by atoms with Crippen LogP contribution in [-0.2, 0) is 4.74 Å². The molecule has 8 nitrogen and oxygen atoms in total. The third-order valence-electron chi connectivity index (χ3n) is 6.38. The largest absolute Gasteiger partial charge is 0.467 e. The molecular weight excluding hydrogens is 428 g/mol. The van der Waals surface area contributed by atoms with Crippen LogP contribution in [0.4, 0.5) is 5.82 Å². The Kier molecular flexibility index (Phi) is 6.83. The molecule has 3 aromatic rings. The zero-order valence-electron chi connectivity index (χ0n) is 18.9. The Morgan fingerprint density at radius 2 is 1.91 bits per heavy atom. The van der Waals surface area contributed by atoms with Crippen LogP contribution in [0.5, 0.6) is 6.01 Å². The highest BCUT2D eigenvalue weighted by Gasteiger charge is 2.22. The third kappa shape index (κ3) is 4.40. The molecule has 2 aliphatic heterocycles. The maximum atomic E-state index is 5.69. The molecule has 1 atom stereocenters. The van der Waals surface area contributed by atoms with Crippen LogP contribution in [0.2, 0.25) is 0 Å². The molecule has 0 radical (unpaired) electrons. The van der Waals surface area contributed by atoms with E-state index in [1.807, 2.05) is 16.9 Å². The van der Waals surface area contributed by atoms with Gasteiger partial charge < -0.3 is 19.7 Å². The average Bonchev–Trinajstić information content (AvgIpc) is 3.21. The van der Waals surface area contributed by atoms with Crippen LogP contribution >= 0.6 is 12.4 Å². The van der Waals surface area contributed by atoms with Crippen molar-refractivity contribution in [1.82, 2.24) is 25.1 Å². The highest BCUT2D eigenvalue weighted by atomic mass is 35.5. The summed E-state index contributed by atoms with van der Waals surface area (Å²) in [7, 11) is 1.60. The lowest BCUT2D eigenvalue weighted by atomic mass is 9.87. The normalized spacial score (nSPS) is 19.7. The summed E-state index contributed by atoms with van der Waals surface area (Å²) in [6.07, 6.45) is 4.42. The molecule has 2 aliphatic rings. The van der Waals surface area contributed by atoms with Crippen molar-refractivity contribution in [2.24, 2.45) is 0 Å². The quantitative estimate of drug-likeness (QED) is 0.643. The van der Waals surface area contributed by atoms with Gasteiger partial charge >= 0.3 is 6.01 Å².